The lowest BCUT2D eigenvalue weighted by molar-refractivity contribution is 0.0559. The predicted octanol–water partition coefficient (Wildman–Crippen LogP) is 3.50. The van der Waals surface area contributed by atoms with Crippen LogP contribution in [0.15, 0.2) is 29.3 Å². The van der Waals surface area contributed by atoms with Crippen molar-refractivity contribution in [2.45, 2.75) is 26.4 Å². The summed E-state index contributed by atoms with van der Waals surface area (Å²) in [6.07, 6.45) is 0.966. The van der Waals surface area contributed by atoms with Crippen LogP contribution in [0.4, 0.5) is 0 Å². The van der Waals surface area contributed by atoms with E-state index in [0.717, 1.165) is 23.5 Å². The molecule has 98 valence electrons. The van der Waals surface area contributed by atoms with Gasteiger partial charge in [0, 0.05) is 5.56 Å². The minimum absolute atomic E-state index is 0.0544. The van der Waals surface area contributed by atoms with Crippen LogP contribution >= 0.6 is 0 Å². The number of hydrogen-bond acceptors (Lipinski definition) is 3. The molecular weight excluding hydrogens is 228 g/mol. The van der Waals surface area contributed by atoms with Crippen molar-refractivity contribution in [1.82, 2.24) is 0 Å². The Labute approximate surface area is 108 Å². The highest BCUT2D eigenvalue weighted by Crippen LogP contribution is 2.37. The number of hydrogen-bond donors (Lipinski definition) is 0. The molecule has 1 heterocycles. The molecule has 1 aliphatic heterocycles. The molecule has 1 atom stereocenters. The number of rotatable bonds is 3. The lowest BCUT2D eigenvalue weighted by atomic mass is 9.96. The molecule has 0 bridgehead atoms. The van der Waals surface area contributed by atoms with Gasteiger partial charge < -0.3 is 14.2 Å². The van der Waals surface area contributed by atoms with E-state index < -0.39 is 0 Å². The van der Waals surface area contributed by atoms with Gasteiger partial charge in [-0.25, -0.2) is 0 Å². The first kappa shape index (κ1) is 13.0. The van der Waals surface area contributed by atoms with E-state index >= 15 is 0 Å². The van der Waals surface area contributed by atoms with E-state index in [0.29, 0.717) is 6.61 Å². The summed E-state index contributed by atoms with van der Waals surface area (Å²) in [5, 5.41) is 0. The summed E-state index contributed by atoms with van der Waals surface area (Å²) in [7, 11) is 3.35. The maximum absolute atomic E-state index is 5.90. The van der Waals surface area contributed by atoms with Gasteiger partial charge in [0.1, 0.15) is 11.5 Å². The Morgan fingerprint density at radius 2 is 1.89 bits per heavy atom. The fraction of sp³-hybridized carbons (Fsp3) is 0.467. The number of ether oxygens (including phenoxy) is 3. The van der Waals surface area contributed by atoms with Crippen molar-refractivity contribution in [1.29, 1.82) is 0 Å². The van der Waals surface area contributed by atoms with E-state index in [4.69, 9.17) is 14.2 Å². The molecule has 1 unspecified atom stereocenters. The van der Waals surface area contributed by atoms with Gasteiger partial charge in [0.15, 0.2) is 0 Å². The van der Waals surface area contributed by atoms with Crippen molar-refractivity contribution in [3.05, 3.63) is 34.9 Å². The highest BCUT2D eigenvalue weighted by molar-refractivity contribution is 5.42. The summed E-state index contributed by atoms with van der Waals surface area (Å²) >= 11 is 0. The smallest absolute Gasteiger partial charge is 0.124 e. The van der Waals surface area contributed by atoms with Gasteiger partial charge in [0.25, 0.3) is 0 Å². The highest BCUT2D eigenvalue weighted by Gasteiger charge is 2.22. The molecule has 3 nitrogen and oxygen atoms in total. The van der Waals surface area contributed by atoms with Crippen LogP contribution in [0, 0.1) is 0 Å². The number of benzene rings is 1. The Morgan fingerprint density at radius 3 is 2.50 bits per heavy atom. The topological polar surface area (TPSA) is 27.7 Å². The molecule has 0 saturated carbocycles. The largest absolute Gasteiger partial charge is 0.497 e. The molecule has 0 aromatic heterocycles. The third kappa shape index (κ3) is 2.51. The van der Waals surface area contributed by atoms with E-state index in [1.54, 1.807) is 14.2 Å². The van der Waals surface area contributed by atoms with Crippen molar-refractivity contribution in [2.24, 2.45) is 0 Å². The van der Waals surface area contributed by atoms with Gasteiger partial charge in [-0.2, -0.15) is 0 Å². The van der Waals surface area contributed by atoms with E-state index in [9.17, 15) is 0 Å². The Hall–Kier alpha value is -1.48. The van der Waals surface area contributed by atoms with Crippen LogP contribution in [0.25, 0.3) is 0 Å². The molecular formula is C15H20O3. The Bertz CT molecular complexity index is 463. The van der Waals surface area contributed by atoms with Crippen molar-refractivity contribution in [3.8, 4) is 11.5 Å². The molecule has 3 heteroatoms. The minimum Gasteiger partial charge on any atom is -0.497 e. The van der Waals surface area contributed by atoms with Crippen LogP contribution in [-0.2, 0) is 4.74 Å². The Balaban J connectivity index is 2.32. The molecule has 0 spiro atoms. The molecule has 1 aromatic carbocycles. The van der Waals surface area contributed by atoms with Gasteiger partial charge in [0.2, 0.25) is 0 Å². The first-order chi connectivity index (χ1) is 8.65. The first-order valence-electron chi connectivity index (χ1n) is 6.14. The zero-order valence-corrected chi connectivity index (χ0v) is 11.4. The normalized spacial score (nSPS) is 19.9. The predicted molar refractivity (Wildman–Crippen MR) is 71.2 cm³/mol. The summed E-state index contributed by atoms with van der Waals surface area (Å²) in [6, 6.07) is 5.83. The molecule has 0 amide bonds. The lowest BCUT2D eigenvalue weighted by Crippen LogP contribution is -2.14. The van der Waals surface area contributed by atoms with Crippen LogP contribution in [-0.4, -0.2) is 20.8 Å². The molecule has 18 heavy (non-hydrogen) atoms. The van der Waals surface area contributed by atoms with E-state index in [1.807, 2.05) is 18.2 Å². The van der Waals surface area contributed by atoms with Crippen LogP contribution in [0.1, 0.15) is 31.9 Å². The van der Waals surface area contributed by atoms with Crippen LogP contribution in [0.2, 0.25) is 0 Å². The average Bonchev–Trinajstić information content (AvgIpc) is 2.41. The van der Waals surface area contributed by atoms with Crippen molar-refractivity contribution in [3.63, 3.8) is 0 Å². The van der Waals surface area contributed by atoms with Crippen molar-refractivity contribution < 1.29 is 14.2 Å². The zero-order valence-electron chi connectivity index (χ0n) is 11.4. The molecule has 1 aliphatic rings. The van der Waals surface area contributed by atoms with Crippen LogP contribution < -0.4 is 9.47 Å². The third-order valence-electron chi connectivity index (χ3n) is 3.50. The quantitative estimate of drug-likeness (QED) is 0.766. The fourth-order valence-electron chi connectivity index (χ4n) is 2.15. The van der Waals surface area contributed by atoms with Crippen LogP contribution in [0.3, 0.4) is 0 Å². The molecule has 2 rings (SSSR count). The molecule has 0 saturated heterocycles. The molecule has 0 radical (unpaired) electrons. The summed E-state index contributed by atoms with van der Waals surface area (Å²) in [6.45, 7) is 4.97. The summed E-state index contributed by atoms with van der Waals surface area (Å²) in [5.74, 6) is 1.69. The maximum atomic E-state index is 5.90. The molecule has 0 aliphatic carbocycles. The average molecular weight is 248 g/mol. The van der Waals surface area contributed by atoms with Crippen molar-refractivity contribution in [2.75, 3.05) is 20.8 Å². The Kier molecular flexibility index (Phi) is 3.92. The highest BCUT2D eigenvalue weighted by atomic mass is 16.5. The standard InChI is InChI=1S/C15H20O3/c1-10-7-15(18-9-11(10)2)13-8-12(16-3)5-6-14(13)17-4/h5-6,8,15H,7,9H2,1-4H3. The van der Waals surface area contributed by atoms with Gasteiger partial charge in [-0.3, -0.25) is 0 Å². The monoisotopic (exact) mass is 248 g/mol. The van der Waals surface area contributed by atoms with E-state index in [2.05, 4.69) is 13.8 Å². The summed E-state index contributed by atoms with van der Waals surface area (Å²) < 4.78 is 16.6. The van der Waals surface area contributed by atoms with Gasteiger partial charge in [0.05, 0.1) is 26.9 Å². The molecule has 0 N–H and O–H groups in total. The summed E-state index contributed by atoms with van der Waals surface area (Å²) in [5.41, 5.74) is 3.79. The maximum Gasteiger partial charge on any atom is 0.124 e. The zero-order chi connectivity index (χ0) is 13.1. The third-order valence-corrected chi connectivity index (χ3v) is 3.50. The van der Waals surface area contributed by atoms with E-state index in [1.165, 1.54) is 11.1 Å². The molecule has 0 fully saturated rings. The van der Waals surface area contributed by atoms with Gasteiger partial charge in [-0.05, 0) is 44.0 Å². The second kappa shape index (κ2) is 5.44. The van der Waals surface area contributed by atoms with Gasteiger partial charge in [-0.1, -0.05) is 5.57 Å². The first-order valence-corrected chi connectivity index (χ1v) is 6.14. The minimum atomic E-state index is 0.0544. The molecule has 1 aromatic rings. The van der Waals surface area contributed by atoms with Crippen molar-refractivity contribution >= 4 is 0 Å². The second-order valence-corrected chi connectivity index (χ2v) is 4.67. The lowest BCUT2D eigenvalue weighted by Gasteiger charge is -2.26. The van der Waals surface area contributed by atoms with Gasteiger partial charge in [-0.15, -0.1) is 0 Å². The van der Waals surface area contributed by atoms with E-state index in [-0.39, 0.29) is 6.10 Å². The van der Waals surface area contributed by atoms with Crippen LogP contribution in [0.5, 0.6) is 11.5 Å². The number of methoxy groups -OCH3 is 2. The Morgan fingerprint density at radius 1 is 1.11 bits per heavy atom. The second-order valence-electron chi connectivity index (χ2n) is 4.67. The van der Waals surface area contributed by atoms with Gasteiger partial charge >= 0.3 is 0 Å². The fourth-order valence-corrected chi connectivity index (χ4v) is 2.15. The summed E-state index contributed by atoms with van der Waals surface area (Å²) in [4.78, 5) is 0. The SMILES string of the molecule is COc1ccc(OC)c(C2CC(C)=C(C)CO2)c1.